The molecular weight excluding hydrogens is 681 g/mol. The average Bonchev–Trinajstić information content (AvgIpc) is 2.99. The number of amides is 3. The summed E-state index contributed by atoms with van der Waals surface area (Å²) in [4.78, 5) is 79.8. The third-order valence-electron chi connectivity index (χ3n) is 6.57. The lowest BCUT2D eigenvalue weighted by Crippen LogP contribution is -2.48. The molecule has 0 aliphatic carbocycles. The molecule has 278 valence electrons. The van der Waals surface area contributed by atoms with Crippen LogP contribution in [-0.4, -0.2) is 78.1 Å². The van der Waals surface area contributed by atoms with Crippen LogP contribution in [0.25, 0.3) is 0 Å². The van der Waals surface area contributed by atoms with Gasteiger partial charge in [0.25, 0.3) is 11.8 Å². The van der Waals surface area contributed by atoms with Crippen molar-refractivity contribution in [2.45, 2.75) is 111 Å². The topological polar surface area (TPSA) is 179 Å². The van der Waals surface area contributed by atoms with Gasteiger partial charge in [0.1, 0.15) is 23.4 Å². The van der Waals surface area contributed by atoms with Gasteiger partial charge in [0.05, 0.1) is 25.3 Å². The van der Waals surface area contributed by atoms with Crippen molar-refractivity contribution in [3.05, 3.63) is 53.5 Å². The minimum atomic E-state index is -1.43. The van der Waals surface area contributed by atoms with Gasteiger partial charge in [-0.05, 0) is 64.3 Å². The predicted molar refractivity (Wildman–Crippen MR) is 196 cm³/mol. The van der Waals surface area contributed by atoms with E-state index in [0.29, 0.717) is 17.9 Å². The standard InChI is InChI=1S/C35H54N4O9SSi/c1-11-28(38-31(42)25-15-16-36-26(20-25)22-37-34(45)48-35(5,6)7)32(43)39-30(23(2)3)33(44)47-27(14-12-13-18-49-24(4)40)21-29(41)46-17-19-50(8,9)10/h11-12,14-16,20,23,27,30H,13,17-19,21-22H2,1-10H3,(H,37,45)(H,38,42)(H,39,43)/b14-12+,28-11-/t27-,30+/m1/s1. The van der Waals surface area contributed by atoms with Crippen molar-refractivity contribution in [3.8, 4) is 0 Å². The third-order valence-corrected chi connectivity index (χ3v) is 9.12. The highest BCUT2D eigenvalue weighted by molar-refractivity contribution is 8.13. The van der Waals surface area contributed by atoms with Crippen LogP contribution in [0.2, 0.25) is 25.7 Å². The summed E-state index contributed by atoms with van der Waals surface area (Å²) < 4.78 is 16.3. The molecule has 15 heteroatoms. The molecule has 0 unspecified atom stereocenters. The molecule has 0 aliphatic rings. The first-order valence-electron chi connectivity index (χ1n) is 16.6. The van der Waals surface area contributed by atoms with Crippen molar-refractivity contribution in [1.29, 1.82) is 0 Å². The molecule has 50 heavy (non-hydrogen) atoms. The molecule has 1 rings (SSSR count). The predicted octanol–water partition coefficient (Wildman–Crippen LogP) is 5.29. The summed E-state index contributed by atoms with van der Waals surface area (Å²) in [7, 11) is -1.43. The Morgan fingerprint density at radius 3 is 2.34 bits per heavy atom. The van der Waals surface area contributed by atoms with Crippen molar-refractivity contribution in [2.75, 3.05) is 12.4 Å². The number of alkyl carbamates (subject to hydrolysis) is 1. The average molecular weight is 735 g/mol. The van der Waals surface area contributed by atoms with E-state index in [9.17, 15) is 28.8 Å². The highest BCUT2D eigenvalue weighted by atomic mass is 32.2. The molecule has 1 heterocycles. The number of ether oxygens (including phenoxy) is 3. The summed E-state index contributed by atoms with van der Waals surface area (Å²) in [5.74, 6) is -2.52. The van der Waals surface area contributed by atoms with Crippen LogP contribution in [0.4, 0.5) is 4.79 Å². The number of hydrogen-bond acceptors (Lipinski definition) is 11. The van der Waals surface area contributed by atoms with Gasteiger partial charge in [0.2, 0.25) is 0 Å². The number of thioether (sulfide) groups is 1. The lowest BCUT2D eigenvalue weighted by molar-refractivity contribution is -0.156. The number of hydrogen-bond donors (Lipinski definition) is 3. The van der Waals surface area contributed by atoms with E-state index in [1.807, 2.05) is 0 Å². The third kappa shape index (κ3) is 19.3. The van der Waals surface area contributed by atoms with Gasteiger partial charge in [0, 0.05) is 32.5 Å². The van der Waals surface area contributed by atoms with E-state index in [1.54, 1.807) is 53.7 Å². The summed E-state index contributed by atoms with van der Waals surface area (Å²) in [6.07, 6.45) is 4.80. The second-order valence-electron chi connectivity index (χ2n) is 14.0. The van der Waals surface area contributed by atoms with Crippen LogP contribution in [-0.2, 0) is 39.9 Å². The van der Waals surface area contributed by atoms with E-state index in [1.165, 1.54) is 31.3 Å². The smallest absolute Gasteiger partial charge is 0.407 e. The van der Waals surface area contributed by atoms with Gasteiger partial charge in [-0.25, -0.2) is 9.59 Å². The summed E-state index contributed by atoms with van der Waals surface area (Å²) in [6, 6.07) is 2.59. The van der Waals surface area contributed by atoms with E-state index in [4.69, 9.17) is 14.2 Å². The SMILES string of the molecule is C/C=C(\NC(=O)c1ccnc(CNC(=O)OC(C)(C)C)c1)C(=O)N[C@H](C(=O)O[C@H](/C=C/CCSC(C)=O)CC(=O)OCC[Si](C)(C)C)C(C)C. The molecule has 0 spiro atoms. The molecule has 1 aromatic heterocycles. The van der Waals surface area contributed by atoms with Crippen LogP contribution >= 0.6 is 11.8 Å². The molecule has 13 nitrogen and oxygen atoms in total. The van der Waals surface area contributed by atoms with E-state index in [0.717, 1.165) is 17.8 Å². The normalized spacial score (nSPS) is 13.3. The van der Waals surface area contributed by atoms with Gasteiger partial charge in [-0.15, -0.1) is 0 Å². The molecule has 2 atom stereocenters. The fourth-order valence-corrected chi connectivity index (χ4v) is 5.20. The number of carbonyl (C=O) groups excluding carboxylic acids is 6. The highest BCUT2D eigenvalue weighted by Gasteiger charge is 2.30. The number of nitrogens with zero attached hydrogens (tertiary/aromatic N) is 1. The highest BCUT2D eigenvalue weighted by Crippen LogP contribution is 2.14. The number of rotatable bonds is 18. The number of aromatic nitrogens is 1. The van der Waals surface area contributed by atoms with Crippen molar-refractivity contribution in [2.24, 2.45) is 5.92 Å². The number of esters is 2. The first kappa shape index (κ1) is 44.0. The summed E-state index contributed by atoms with van der Waals surface area (Å²) in [5.41, 5.74) is -0.214. The van der Waals surface area contributed by atoms with Crippen molar-refractivity contribution in [1.82, 2.24) is 20.9 Å². The second-order valence-corrected chi connectivity index (χ2v) is 20.9. The molecular formula is C35H54N4O9SSi. The maximum Gasteiger partial charge on any atom is 0.407 e. The van der Waals surface area contributed by atoms with Crippen LogP contribution in [0.5, 0.6) is 0 Å². The molecule has 1 aromatic rings. The van der Waals surface area contributed by atoms with E-state index in [2.05, 4.69) is 40.6 Å². The zero-order chi connectivity index (χ0) is 38.1. The van der Waals surface area contributed by atoms with Crippen molar-refractivity contribution < 1.29 is 43.0 Å². The largest absolute Gasteiger partial charge is 0.466 e. The molecule has 0 fully saturated rings. The lowest BCUT2D eigenvalue weighted by atomic mass is 10.0. The van der Waals surface area contributed by atoms with Gasteiger partial charge in [-0.3, -0.25) is 24.2 Å². The van der Waals surface area contributed by atoms with Crippen LogP contribution < -0.4 is 16.0 Å². The Morgan fingerprint density at radius 2 is 1.76 bits per heavy atom. The van der Waals surface area contributed by atoms with E-state index in [-0.39, 0.29) is 35.9 Å². The van der Waals surface area contributed by atoms with Crippen LogP contribution in [0, 0.1) is 5.92 Å². The second kappa shape index (κ2) is 21.3. The maximum atomic E-state index is 13.4. The van der Waals surface area contributed by atoms with Gasteiger partial charge in [0.15, 0.2) is 5.12 Å². The monoisotopic (exact) mass is 734 g/mol. The zero-order valence-electron chi connectivity index (χ0n) is 31.0. The van der Waals surface area contributed by atoms with Crippen molar-refractivity contribution in [3.63, 3.8) is 0 Å². The molecule has 0 bridgehead atoms. The summed E-state index contributed by atoms with van der Waals surface area (Å²) >= 11 is 1.16. The lowest BCUT2D eigenvalue weighted by Gasteiger charge is -2.24. The number of pyridine rings is 1. The molecule has 0 aliphatic heterocycles. The van der Waals surface area contributed by atoms with Crippen LogP contribution in [0.15, 0.2) is 42.3 Å². The van der Waals surface area contributed by atoms with Crippen LogP contribution in [0.1, 0.15) is 77.4 Å². The Bertz CT molecular complexity index is 1400. The molecule has 0 radical (unpaired) electrons. The number of nitrogens with one attached hydrogen (secondary N) is 3. The first-order chi connectivity index (χ1) is 23.2. The van der Waals surface area contributed by atoms with Crippen molar-refractivity contribution >= 4 is 54.8 Å². The molecule has 0 aromatic carbocycles. The quantitative estimate of drug-likeness (QED) is 0.0446. The minimum Gasteiger partial charge on any atom is -0.466 e. The van der Waals surface area contributed by atoms with Crippen LogP contribution in [0.3, 0.4) is 0 Å². The van der Waals surface area contributed by atoms with Gasteiger partial charge >= 0.3 is 18.0 Å². The van der Waals surface area contributed by atoms with Gasteiger partial charge < -0.3 is 30.2 Å². The molecule has 3 N–H and O–H groups in total. The number of allylic oxidation sites excluding steroid dienone is 2. The molecule has 0 saturated carbocycles. The molecule has 3 amide bonds. The van der Waals surface area contributed by atoms with Gasteiger partial charge in [-0.2, -0.15) is 0 Å². The van der Waals surface area contributed by atoms with E-state index >= 15 is 0 Å². The fraction of sp³-hybridized carbons (Fsp3) is 0.571. The maximum absolute atomic E-state index is 13.4. The number of carbonyl (C=O) groups is 6. The first-order valence-corrected chi connectivity index (χ1v) is 21.3. The zero-order valence-corrected chi connectivity index (χ0v) is 32.8. The fourth-order valence-electron chi connectivity index (χ4n) is 3.95. The van der Waals surface area contributed by atoms with Gasteiger partial charge in [-0.1, -0.05) is 57.4 Å². The summed E-state index contributed by atoms with van der Waals surface area (Å²) in [5, 5.41) is 7.76. The Labute approximate surface area is 301 Å². The Kier molecular flexibility index (Phi) is 18.7. The minimum absolute atomic E-state index is 0.00885. The Hall–Kier alpha value is -3.98. The van der Waals surface area contributed by atoms with E-state index < -0.39 is 61.6 Å². The molecule has 0 saturated heterocycles. The Balaban J connectivity index is 2.97. The Morgan fingerprint density at radius 1 is 1.08 bits per heavy atom. The summed E-state index contributed by atoms with van der Waals surface area (Å²) in [6.45, 7) is 18.5.